The summed E-state index contributed by atoms with van der Waals surface area (Å²) in [5, 5.41) is 4.15. The predicted molar refractivity (Wildman–Crippen MR) is 107 cm³/mol. The van der Waals surface area contributed by atoms with Crippen LogP contribution in [0.4, 0.5) is 0 Å². The first-order chi connectivity index (χ1) is 13.3. The molecule has 4 rings (SSSR count). The van der Waals surface area contributed by atoms with Gasteiger partial charge in [0.1, 0.15) is 0 Å². The second kappa shape index (κ2) is 8.81. The van der Waals surface area contributed by atoms with Crippen LogP contribution in [0.25, 0.3) is 10.9 Å². The van der Waals surface area contributed by atoms with Crippen molar-refractivity contribution < 1.29 is 9.53 Å². The molecule has 1 N–H and O–H groups in total. The molecule has 0 saturated carbocycles. The lowest BCUT2D eigenvalue weighted by molar-refractivity contribution is 0.0467. The Balaban J connectivity index is 1.25. The maximum absolute atomic E-state index is 12.7. The zero-order chi connectivity index (χ0) is 18.5. The number of hydrogen-bond acceptors (Lipinski definition) is 4. The highest BCUT2D eigenvalue weighted by atomic mass is 16.5. The third kappa shape index (κ3) is 4.66. The van der Waals surface area contributed by atoms with Gasteiger partial charge in [0, 0.05) is 37.9 Å². The average molecular weight is 367 g/mol. The van der Waals surface area contributed by atoms with Crippen molar-refractivity contribution in [1.29, 1.82) is 0 Å². The number of nitrogens with zero attached hydrogens (tertiary/aromatic N) is 2. The minimum atomic E-state index is -0.0102. The van der Waals surface area contributed by atoms with Crippen molar-refractivity contribution in [2.45, 2.75) is 25.7 Å². The van der Waals surface area contributed by atoms with E-state index in [0.29, 0.717) is 11.5 Å². The van der Waals surface area contributed by atoms with Gasteiger partial charge >= 0.3 is 0 Å². The van der Waals surface area contributed by atoms with Crippen LogP contribution < -0.4 is 5.32 Å². The fourth-order valence-corrected chi connectivity index (χ4v) is 4.29. The molecule has 0 spiro atoms. The van der Waals surface area contributed by atoms with E-state index in [-0.39, 0.29) is 5.91 Å². The van der Waals surface area contributed by atoms with Gasteiger partial charge in [0.15, 0.2) is 0 Å². The van der Waals surface area contributed by atoms with Gasteiger partial charge in [-0.1, -0.05) is 18.2 Å². The molecule has 5 nitrogen and oxygen atoms in total. The first-order valence-corrected chi connectivity index (χ1v) is 10.2. The van der Waals surface area contributed by atoms with Crippen LogP contribution in [0.3, 0.4) is 0 Å². The van der Waals surface area contributed by atoms with Gasteiger partial charge in [-0.3, -0.25) is 9.78 Å². The van der Waals surface area contributed by atoms with Crippen LogP contribution >= 0.6 is 0 Å². The summed E-state index contributed by atoms with van der Waals surface area (Å²) in [6.45, 7) is 6.12. The van der Waals surface area contributed by atoms with Gasteiger partial charge in [0.25, 0.3) is 5.91 Å². The molecule has 2 aliphatic rings. The second-order valence-corrected chi connectivity index (χ2v) is 7.89. The van der Waals surface area contributed by atoms with E-state index in [4.69, 9.17) is 4.74 Å². The molecule has 2 saturated heterocycles. The number of likely N-dealkylation sites (tertiary alicyclic amines) is 1. The van der Waals surface area contributed by atoms with E-state index < -0.39 is 0 Å². The number of carbonyl (C=O) groups is 1. The fourth-order valence-electron chi connectivity index (χ4n) is 4.29. The Morgan fingerprint density at radius 3 is 2.67 bits per heavy atom. The van der Waals surface area contributed by atoms with Gasteiger partial charge < -0.3 is 15.0 Å². The summed E-state index contributed by atoms with van der Waals surface area (Å²) >= 11 is 0. The summed E-state index contributed by atoms with van der Waals surface area (Å²) in [6.07, 6.45) is 6.48. The van der Waals surface area contributed by atoms with E-state index in [9.17, 15) is 4.79 Å². The summed E-state index contributed by atoms with van der Waals surface area (Å²) in [5.74, 6) is 1.36. The Kier molecular flexibility index (Phi) is 6.00. The highest BCUT2D eigenvalue weighted by Crippen LogP contribution is 2.22. The topological polar surface area (TPSA) is 54.5 Å². The highest BCUT2D eigenvalue weighted by Gasteiger charge is 2.23. The van der Waals surface area contributed by atoms with Crippen LogP contribution in [0.15, 0.2) is 36.5 Å². The molecule has 0 radical (unpaired) electrons. The van der Waals surface area contributed by atoms with Gasteiger partial charge in [-0.15, -0.1) is 0 Å². The lowest BCUT2D eigenvalue weighted by Gasteiger charge is -2.35. The average Bonchev–Trinajstić information content (AvgIpc) is 2.73. The van der Waals surface area contributed by atoms with Crippen LogP contribution in [0.2, 0.25) is 0 Å². The predicted octanol–water partition coefficient (Wildman–Crippen LogP) is 3.10. The molecule has 0 bridgehead atoms. The minimum Gasteiger partial charge on any atom is -0.381 e. The van der Waals surface area contributed by atoms with Crippen LogP contribution in [0.1, 0.15) is 36.0 Å². The van der Waals surface area contributed by atoms with Crippen molar-refractivity contribution in [3.05, 3.63) is 42.1 Å². The van der Waals surface area contributed by atoms with E-state index in [1.54, 1.807) is 6.20 Å². The standard InChI is InChI=1S/C22H29N3O2/c26-22(20-5-1-3-19-4-2-10-23-21(19)20)24-15-17-6-11-25(12-7-17)16-18-8-13-27-14-9-18/h1-5,10,17-18H,6-9,11-16H2,(H,24,26). The van der Waals surface area contributed by atoms with Crippen molar-refractivity contribution in [3.8, 4) is 0 Å². The van der Waals surface area contributed by atoms with E-state index in [1.165, 1.54) is 19.4 Å². The minimum absolute atomic E-state index is 0.0102. The second-order valence-electron chi connectivity index (χ2n) is 7.89. The summed E-state index contributed by atoms with van der Waals surface area (Å²) < 4.78 is 5.46. The number of nitrogens with one attached hydrogen (secondary N) is 1. The van der Waals surface area contributed by atoms with Crippen molar-refractivity contribution in [2.24, 2.45) is 11.8 Å². The summed E-state index contributed by atoms with van der Waals surface area (Å²) in [4.78, 5) is 19.6. The molecule has 2 fully saturated rings. The van der Waals surface area contributed by atoms with Crippen molar-refractivity contribution >= 4 is 16.8 Å². The van der Waals surface area contributed by atoms with Crippen molar-refractivity contribution in [3.63, 3.8) is 0 Å². The summed E-state index contributed by atoms with van der Waals surface area (Å²) in [6, 6.07) is 9.67. The number of benzene rings is 1. The van der Waals surface area contributed by atoms with Gasteiger partial charge in [0.2, 0.25) is 0 Å². The summed E-state index contributed by atoms with van der Waals surface area (Å²) in [5.41, 5.74) is 1.45. The summed E-state index contributed by atoms with van der Waals surface area (Å²) in [7, 11) is 0. The number of ether oxygens (including phenoxy) is 1. The lowest BCUT2D eigenvalue weighted by Crippen LogP contribution is -2.41. The number of amides is 1. The maximum atomic E-state index is 12.7. The zero-order valence-corrected chi connectivity index (χ0v) is 15.9. The highest BCUT2D eigenvalue weighted by molar-refractivity contribution is 6.05. The zero-order valence-electron chi connectivity index (χ0n) is 15.9. The lowest BCUT2D eigenvalue weighted by atomic mass is 9.94. The number of pyridine rings is 1. The Morgan fingerprint density at radius 1 is 1.07 bits per heavy atom. The van der Waals surface area contributed by atoms with E-state index in [0.717, 1.165) is 62.5 Å². The molecule has 5 heteroatoms. The first kappa shape index (κ1) is 18.4. The number of fused-ring (bicyclic) bond motifs is 1. The smallest absolute Gasteiger partial charge is 0.253 e. The van der Waals surface area contributed by atoms with E-state index >= 15 is 0 Å². The molecule has 0 atom stereocenters. The number of aromatic nitrogens is 1. The van der Waals surface area contributed by atoms with Crippen LogP contribution in [0.5, 0.6) is 0 Å². The Hall–Kier alpha value is -1.98. The van der Waals surface area contributed by atoms with Gasteiger partial charge in [-0.05, 0) is 62.7 Å². The van der Waals surface area contributed by atoms with Crippen molar-refractivity contribution in [2.75, 3.05) is 39.4 Å². The molecular formula is C22H29N3O2. The van der Waals surface area contributed by atoms with Gasteiger partial charge in [-0.2, -0.15) is 0 Å². The molecule has 0 unspecified atom stereocenters. The quantitative estimate of drug-likeness (QED) is 0.882. The number of hydrogen-bond donors (Lipinski definition) is 1. The molecule has 0 aliphatic carbocycles. The van der Waals surface area contributed by atoms with E-state index in [1.807, 2.05) is 30.3 Å². The molecule has 2 aromatic rings. The molecule has 27 heavy (non-hydrogen) atoms. The van der Waals surface area contributed by atoms with Crippen molar-refractivity contribution in [1.82, 2.24) is 15.2 Å². The Morgan fingerprint density at radius 2 is 1.85 bits per heavy atom. The Labute approximate surface area is 161 Å². The number of para-hydroxylation sites is 1. The number of rotatable bonds is 5. The maximum Gasteiger partial charge on any atom is 0.253 e. The van der Waals surface area contributed by atoms with E-state index in [2.05, 4.69) is 15.2 Å². The van der Waals surface area contributed by atoms with Crippen LogP contribution in [-0.4, -0.2) is 55.2 Å². The third-order valence-electron chi connectivity index (χ3n) is 5.99. The number of piperidine rings is 1. The monoisotopic (exact) mass is 367 g/mol. The molecule has 2 aliphatic heterocycles. The molecule has 3 heterocycles. The van der Waals surface area contributed by atoms with Gasteiger partial charge in [0.05, 0.1) is 11.1 Å². The molecule has 144 valence electrons. The molecule has 1 aromatic carbocycles. The third-order valence-corrected chi connectivity index (χ3v) is 5.99. The Bertz CT molecular complexity index is 760. The number of carbonyl (C=O) groups excluding carboxylic acids is 1. The van der Waals surface area contributed by atoms with Crippen LogP contribution in [0, 0.1) is 11.8 Å². The molecule has 1 amide bonds. The van der Waals surface area contributed by atoms with Crippen LogP contribution in [-0.2, 0) is 4.74 Å². The molecular weight excluding hydrogens is 338 g/mol. The fraction of sp³-hybridized carbons (Fsp3) is 0.545. The molecule has 1 aromatic heterocycles. The first-order valence-electron chi connectivity index (χ1n) is 10.2. The largest absolute Gasteiger partial charge is 0.381 e. The normalized spacial score (nSPS) is 20.0. The SMILES string of the molecule is O=C(NCC1CCN(CC2CCOCC2)CC1)c1cccc2cccnc12. The van der Waals surface area contributed by atoms with Gasteiger partial charge in [-0.25, -0.2) is 0 Å².